The Bertz CT molecular complexity index is 275. The molecule has 2 heteroatoms. The molecular weight excluding hydrogens is 264 g/mol. The largest absolute Gasteiger partial charge is 0.396 e. The van der Waals surface area contributed by atoms with Gasteiger partial charge < -0.3 is 5.11 Å². The minimum atomic E-state index is 0.193. The lowest BCUT2D eigenvalue weighted by atomic mass is 9.61. The molecule has 2 fully saturated rings. The van der Waals surface area contributed by atoms with Gasteiger partial charge >= 0.3 is 0 Å². The first-order valence-corrected chi connectivity index (χ1v) is 9.62. The molecule has 2 aliphatic rings. The van der Waals surface area contributed by atoms with E-state index in [-0.39, 0.29) is 5.41 Å². The molecular formula is C18H34OS. The predicted octanol–water partition coefficient (Wildman–Crippen LogP) is 5.08. The minimum Gasteiger partial charge on any atom is -0.396 e. The summed E-state index contributed by atoms with van der Waals surface area (Å²) >= 11 is 4.71. The Kier molecular flexibility index (Phi) is 6.74. The summed E-state index contributed by atoms with van der Waals surface area (Å²) in [6, 6.07) is 0. The van der Waals surface area contributed by atoms with Crippen LogP contribution in [0.5, 0.6) is 0 Å². The quantitative estimate of drug-likeness (QED) is 0.696. The van der Waals surface area contributed by atoms with E-state index < -0.39 is 0 Å². The molecule has 4 atom stereocenters. The van der Waals surface area contributed by atoms with Crippen LogP contribution in [0.25, 0.3) is 0 Å². The molecule has 0 aromatic carbocycles. The molecule has 0 saturated heterocycles. The lowest BCUT2D eigenvalue weighted by Gasteiger charge is -2.46. The topological polar surface area (TPSA) is 20.2 Å². The van der Waals surface area contributed by atoms with Gasteiger partial charge in [0, 0.05) is 6.61 Å². The number of fused-ring (bicyclic) bond motifs is 1. The fourth-order valence-corrected chi connectivity index (χ4v) is 5.61. The van der Waals surface area contributed by atoms with Crippen LogP contribution < -0.4 is 0 Å². The maximum atomic E-state index is 10.2. The minimum absolute atomic E-state index is 0.193. The molecule has 0 aromatic rings. The highest BCUT2D eigenvalue weighted by Gasteiger charge is 2.45. The SMILES string of the molecule is CCC1(CO)CCCCC2CCCCCCC(CS)C21. The van der Waals surface area contributed by atoms with E-state index in [4.69, 9.17) is 12.6 Å². The zero-order valence-corrected chi connectivity index (χ0v) is 14.2. The van der Waals surface area contributed by atoms with Gasteiger partial charge in [0.05, 0.1) is 0 Å². The Hall–Kier alpha value is 0.310. The van der Waals surface area contributed by atoms with Crippen molar-refractivity contribution >= 4 is 12.6 Å². The van der Waals surface area contributed by atoms with E-state index in [1.165, 1.54) is 64.2 Å². The maximum Gasteiger partial charge on any atom is 0.0490 e. The summed E-state index contributed by atoms with van der Waals surface area (Å²) in [7, 11) is 0. The molecule has 0 aliphatic heterocycles. The molecule has 1 nitrogen and oxygen atoms in total. The Morgan fingerprint density at radius 3 is 2.25 bits per heavy atom. The van der Waals surface area contributed by atoms with E-state index in [9.17, 15) is 5.11 Å². The van der Waals surface area contributed by atoms with Gasteiger partial charge in [0.15, 0.2) is 0 Å². The lowest BCUT2D eigenvalue weighted by Crippen LogP contribution is -2.42. The van der Waals surface area contributed by atoms with Crippen LogP contribution in [0, 0.1) is 23.2 Å². The van der Waals surface area contributed by atoms with Gasteiger partial charge in [-0.05, 0) is 48.2 Å². The van der Waals surface area contributed by atoms with Gasteiger partial charge in [-0.25, -0.2) is 0 Å². The molecule has 118 valence electrons. The van der Waals surface area contributed by atoms with Crippen LogP contribution in [0.2, 0.25) is 0 Å². The Labute approximate surface area is 131 Å². The number of hydrogen-bond acceptors (Lipinski definition) is 2. The second-order valence-corrected chi connectivity index (χ2v) is 7.71. The Morgan fingerprint density at radius 2 is 1.65 bits per heavy atom. The van der Waals surface area contributed by atoms with Gasteiger partial charge in [0.25, 0.3) is 0 Å². The summed E-state index contributed by atoms with van der Waals surface area (Å²) < 4.78 is 0. The third-order valence-corrected chi connectivity index (χ3v) is 6.84. The summed E-state index contributed by atoms with van der Waals surface area (Å²) in [5, 5.41) is 10.2. The first kappa shape index (κ1) is 16.7. The molecule has 2 aliphatic carbocycles. The van der Waals surface area contributed by atoms with Gasteiger partial charge in [-0.3, -0.25) is 0 Å². The van der Waals surface area contributed by atoms with Crippen molar-refractivity contribution in [3.8, 4) is 0 Å². The second-order valence-electron chi connectivity index (χ2n) is 7.34. The van der Waals surface area contributed by atoms with E-state index in [0.29, 0.717) is 6.61 Å². The fraction of sp³-hybridized carbons (Fsp3) is 1.00. The van der Waals surface area contributed by atoms with Crippen molar-refractivity contribution in [2.24, 2.45) is 23.2 Å². The molecule has 2 rings (SSSR count). The summed E-state index contributed by atoms with van der Waals surface area (Å²) in [4.78, 5) is 0. The number of aliphatic hydroxyl groups excluding tert-OH is 1. The standard InChI is InChI=1S/C18H34OS/c1-2-18(14-19)12-8-7-10-15-9-5-3-4-6-11-16(13-20)17(15)18/h15-17,19-20H,2-14H2,1H3. The third-order valence-electron chi connectivity index (χ3n) is 6.38. The third kappa shape index (κ3) is 3.55. The Morgan fingerprint density at radius 1 is 1.00 bits per heavy atom. The number of aliphatic hydroxyl groups is 1. The van der Waals surface area contributed by atoms with E-state index in [0.717, 1.165) is 29.9 Å². The summed E-state index contributed by atoms with van der Waals surface area (Å²) in [6.45, 7) is 2.70. The lowest BCUT2D eigenvalue weighted by molar-refractivity contribution is -0.00834. The summed E-state index contributed by atoms with van der Waals surface area (Å²) in [5.74, 6) is 3.31. The van der Waals surface area contributed by atoms with Crippen molar-refractivity contribution in [3.63, 3.8) is 0 Å². The molecule has 0 amide bonds. The zero-order chi connectivity index (χ0) is 14.4. The highest BCUT2D eigenvalue weighted by Crippen LogP contribution is 2.51. The molecule has 0 spiro atoms. The van der Waals surface area contributed by atoms with Gasteiger partial charge in [-0.1, -0.05) is 58.3 Å². The highest BCUT2D eigenvalue weighted by molar-refractivity contribution is 7.80. The van der Waals surface area contributed by atoms with Crippen LogP contribution in [0.3, 0.4) is 0 Å². The van der Waals surface area contributed by atoms with Crippen molar-refractivity contribution < 1.29 is 5.11 Å². The van der Waals surface area contributed by atoms with Crippen LogP contribution in [0.15, 0.2) is 0 Å². The van der Waals surface area contributed by atoms with Crippen molar-refractivity contribution in [3.05, 3.63) is 0 Å². The van der Waals surface area contributed by atoms with Crippen molar-refractivity contribution in [2.75, 3.05) is 12.4 Å². The van der Waals surface area contributed by atoms with Crippen molar-refractivity contribution in [2.45, 2.75) is 77.6 Å². The molecule has 4 unspecified atom stereocenters. The van der Waals surface area contributed by atoms with Gasteiger partial charge in [-0.2, -0.15) is 12.6 Å². The van der Waals surface area contributed by atoms with Crippen LogP contribution in [-0.4, -0.2) is 17.5 Å². The van der Waals surface area contributed by atoms with Crippen LogP contribution in [0.1, 0.15) is 77.6 Å². The van der Waals surface area contributed by atoms with Crippen molar-refractivity contribution in [1.82, 2.24) is 0 Å². The molecule has 0 aromatic heterocycles. The molecule has 0 radical (unpaired) electrons. The van der Waals surface area contributed by atoms with Gasteiger partial charge in [0.2, 0.25) is 0 Å². The second kappa shape index (κ2) is 8.08. The average molecular weight is 299 g/mol. The number of thiol groups is 1. The van der Waals surface area contributed by atoms with E-state index >= 15 is 0 Å². The summed E-state index contributed by atoms with van der Waals surface area (Å²) in [5.41, 5.74) is 0.193. The van der Waals surface area contributed by atoms with Gasteiger partial charge in [0.1, 0.15) is 0 Å². The maximum absolute atomic E-state index is 10.2. The first-order chi connectivity index (χ1) is 9.77. The van der Waals surface area contributed by atoms with Crippen LogP contribution in [-0.2, 0) is 0 Å². The predicted molar refractivity (Wildman–Crippen MR) is 90.3 cm³/mol. The van der Waals surface area contributed by atoms with Crippen LogP contribution in [0.4, 0.5) is 0 Å². The first-order valence-electron chi connectivity index (χ1n) is 8.99. The fourth-order valence-electron chi connectivity index (χ4n) is 5.20. The number of rotatable bonds is 3. The average Bonchev–Trinajstić information content (AvgIpc) is 2.59. The van der Waals surface area contributed by atoms with E-state index in [1.807, 2.05) is 0 Å². The molecule has 2 saturated carbocycles. The highest BCUT2D eigenvalue weighted by atomic mass is 32.1. The van der Waals surface area contributed by atoms with Gasteiger partial charge in [-0.15, -0.1) is 0 Å². The van der Waals surface area contributed by atoms with Crippen molar-refractivity contribution in [1.29, 1.82) is 0 Å². The summed E-state index contributed by atoms with van der Waals surface area (Å²) in [6.07, 6.45) is 14.8. The zero-order valence-electron chi connectivity index (χ0n) is 13.3. The molecule has 0 heterocycles. The van der Waals surface area contributed by atoms with E-state index in [1.54, 1.807) is 0 Å². The number of hydrogen-bond donors (Lipinski definition) is 2. The monoisotopic (exact) mass is 298 g/mol. The smallest absolute Gasteiger partial charge is 0.0490 e. The molecule has 1 N–H and O–H groups in total. The normalized spacial score (nSPS) is 40.0. The molecule has 20 heavy (non-hydrogen) atoms. The van der Waals surface area contributed by atoms with E-state index in [2.05, 4.69) is 6.92 Å². The van der Waals surface area contributed by atoms with Crippen LogP contribution >= 0.6 is 12.6 Å². The molecule has 0 bridgehead atoms. The Balaban J connectivity index is 2.31.